The first-order chi connectivity index (χ1) is 8.98. The number of carboxylic acids is 1. The molecule has 1 rings (SSSR count). The number of aliphatic hydroxyl groups excluding tert-OH is 1. The number of hydrogen-bond acceptors (Lipinski definition) is 4. The highest BCUT2D eigenvalue weighted by molar-refractivity contribution is 7.89. The van der Waals surface area contributed by atoms with Gasteiger partial charge >= 0.3 is 5.97 Å². The van der Waals surface area contributed by atoms with Crippen LogP contribution in [0, 0.1) is 0 Å². The quantitative estimate of drug-likeness (QED) is 0.727. The van der Waals surface area contributed by atoms with Gasteiger partial charge in [-0.25, -0.2) is 8.42 Å². The normalized spacial score (nSPS) is 11.7. The lowest BCUT2D eigenvalue weighted by molar-refractivity contribution is -0.137. The van der Waals surface area contributed by atoms with E-state index in [9.17, 15) is 13.2 Å². The third-order valence-corrected chi connectivity index (χ3v) is 4.43. The minimum absolute atomic E-state index is 0.0982. The molecule has 0 aliphatic carbocycles. The topological polar surface area (TPSA) is 94.9 Å². The van der Waals surface area contributed by atoms with Crippen LogP contribution >= 0.6 is 0 Å². The second-order valence-electron chi connectivity index (χ2n) is 3.94. The van der Waals surface area contributed by atoms with Gasteiger partial charge in [-0.05, 0) is 18.6 Å². The lowest BCUT2D eigenvalue weighted by Crippen LogP contribution is -2.34. The van der Waals surface area contributed by atoms with Crippen molar-refractivity contribution in [1.29, 1.82) is 0 Å². The largest absolute Gasteiger partial charge is 0.481 e. The molecule has 0 aliphatic rings. The number of nitrogens with zero attached hydrogens (tertiary/aromatic N) is 1. The van der Waals surface area contributed by atoms with Crippen LogP contribution in [0.2, 0.25) is 0 Å². The molecule has 0 aliphatic heterocycles. The Labute approximate surface area is 112 Å². The average Bonchev–Trinajstić information content (AvgIpc) is 2.39. The summed E-state index contributed by atoms with van der Waals surface area (Å²) in [5, 5.41) is 17.4. The van der Waals surface area contributed by atoms with Crippen molar-refractivity contribution in [2.45, 2.75) is 17.7 Å². The van der Waals surface area contributed by atoms with Crippen LogP contribution < -0.4 is 0 Å². The van der Waals surface area contributed by atoms with E-state index in [1.54, 1.807) is 18.2 Å². The molecule has 6 nitrogen and oxygen atoms in total. The second kappa shape index (κ2) is 7.22. The van der Waals surface area contributed by atoms with Gasteiger partial charge in [-0.1, -0.05) is 18.2 Å². The molecular formula is C12H17NO5S. The summed E-state index contributed by atoms with van der Waals surface area (Å²) in [5.41, 5.74) is 0. The molecule has 19 heavy (non-hydrogen) atoms. The second-order valence-corrected chi connectivity index (χ2v) is 5.88. The Morgan fingerprint density at radius 1 is 1.16 bits per heavy atom. The van der Waals surface area contributed by atoms with Crippen molar-refractivity contribution in [1.82, 2.24) is 4.31 Å². The maximum absolute atomic E-state index is 12.3. The monoisotopic (exact) mass is 287 g/mol. The Morgan fingerprint density at radius 3 is 2.32 bits per heavy atom. The molecule has 1 aromatic carbocycles. The van der Waals surface area contributed by atoms with Gasteiger partial charge in [0.05, 0.1) is 11.3 Å². The number of carbonyl (C=O) groups is 1. The number of sulfonamides is 1. The molecule has 1 aromatic rings. The van der Waals surface area contributed by atoms with Gasteiger partial charge in [0.25, 0.3) is 0 Å². The number of carboxylic acid groups (broad SMARTS) is 1. The molecule has 0 unspecified atom stereocenters. The van der Waals surface area contributed by atoms with E-state index in [0.717, 1.165) is 4.31 Å². The molecule has 0 heterocycles. The van der Waals surface area contributed by atoms with E-state index in [1.165, 1.54) is 12.1 Å². The lowest BCUT2D eigenvalue weighted by atomic mass is 10.4. The first-order valence-electron chi connectivity index (χ1n) is 5.86. The van der Waals surface area contributed by atoms with Crippen molar-refractivity contribution in [3.63, 3.8) is 0 Å². The maximum atomic E-state index is 12.3. The van der Waals surface area contributed by atoms with E-state index in [-0.39, 0.29) is 37.4 Å². The zero-order chi connectivity index (χ0) is 14.3. The Bertz CT molecular complexity index is 500. The minimum atomic E-state index is -3.71. The molecule has 2 N–H and O–H groups in total. The molecule has 106 valence electrons. The fraction of sp³-hybridized carbons (Fsp3) is 0.417. The molecule has 7 heteroatoms. The van der Waals surface area contributed by atoms with Crippen LogP contribution in [0.15, 0.2) is 35.2 Å². The first kappa shape index (κ1) is 15.6. The van der Waals surface area contributed by atoms with Crippen molar-refractivity contribution in [3.8, 4) is 0 Å². The zero-order valence-electron chi connectivity index (χ0n) is 10.4. The van der Waals surface area contributed by atoms with E-state index < -0.39 is 16.0 Å². The van der Waals surface area contributed by atoms with Gasteiger partial charge in [0.15, 0.2) is 0 Å². The van der Waals surface area contributed by atoms with E-state index in [2.05, 4.69) is 0 Å². The summed E-state index contributed by atoms with van der Waals surface area (Å²) in [5.74, 6) is -1.06. The molecule has 0 spiro atoms. The maximum Gasteiger partial charge on any atom is 0.304 e. The van der Waals surface area contributed by atoms with E-state index >= 15 is 0 Å². The highest BCUT2D eigenvalue weighted by Crippen LogP contribution is 2.15. The Kier molecular flexibility index (Phi) is 5.94. The van der Waals surface area contributed by atoms with Crippen LogP contribution in [-0.2, 0) is 14.8 Å². The molecular weight excluding hydrogens is 270 g/mol. The number of benzene rings is 1. The van der Waals surface area contributed by atoms with Gasteiger partial charge in [0.1, 0.15) is 0 Å². The number of aliphatic hydroxyl groups is 1. The van der Waals surface area contributed by atoms with Crippen LogP contribution in [-0.4, -0.2) is 48.6 Å². The highest BCUT2D eigenvalue weighted by Gasteiger charge is 2.24. The SMILES string of the molecule is O=C(O)CCN(CCCO)S(=O)(=O)c1ccccc1. The van der Waals surface area contributed by atoms with Gasteiger partial charge in [0, 0.05) is 19.7 Å². The van der Waals surface area contributed by atoms with Crippen molar-refractivity contribution in [3.05, 3.63) is 30.3 Å². The van der Waals surface area contributed by atoms with E-state index in [4.69, 9.17) is 10.2 Å². The molecule has 0 aromatic heterocycles. The smallest absolute Gasteiger partial charge is 0.304 e. The predicted molar refractivity (Wildman–Crippen MR) is 69.2 cm³/mol. The Morgan fingerprint density at radius 2 is 1.79 bits per heavy atom. The van der Waals surface area contributed by atoms with Crippen molar-refractivity contribution >= 4 is 16.0 Å². The molecule has 0 radical (unpaired) electrons. The zero-order valence-corrected chi connectivity index (χ0v) is 11.2. The van der Waals surface area contributed by atoms with Gasteiger partial charge in [0.2, 0.25) is 10.0 Å². The van der Waals surface area contributed by atoms with E-state index in [0.29, 0.717) is 0 Å². The summed E-state index contributed by atoms with van der Waals surface area (Å²) in [6.07, 6.45) is 0.00315. The van der Waals surface area contributed by atoms with Crippen LogP contribution in [0.3, 0.4) is 0 Å². The summed E-state index contributed by atoms with van der Waals surface area (Å²) >= 11 is 0. The summed E-state index contributed by atoms with van der Waals surface area (Å²) in [6.45, 7) is -0.151. The summed E-state index contributed by atoms with van der Waals surface area (Å²) in [6, 6.07) is 7.83. The van der Waals surface area contributed by atoms with Crippen molar-refractivity contribution in [2.24, 2.45) is 0 Å². The van der Waals surface area contributed by atoms with Crippen LogP contribution in [0.5, 0.6) is 0 Å². The summed E-state index contributed by atoms with van der Waals surface area (Å²) < 4.78 is 25.7. The fourth-order valence-corrected chi connectivity index (χ4v) is 3.06. The standard InChI is InChI=1S/C12H17NO5S/c14-10-4-8-13(9-7-12(15)16)19(17,18)11-5-2-1-3-6-11/h1-3,5-6,14H,4,7-10H2,(H,15,16). The summed E-state index contributed by atoms with van der Waals surface area (Å²) in [7, 11) is -3.71. The number of hydrogen-bond donors (Lipinski definition) is 2. The predicted octanol–water partition coefficient (Wildman–Crippen LogP) is 0.534. The van der Waals surface area contributed by atoms with Crippen LogP contribution in [0.1, 0.15) is 12.8 Å². The molecule has 0 atom stereocenters. The average molecular weight is 287 g/mol. The highest BCUT2D eigenvalue weighted by atomic mass is 32.2. The molecule has 0 fully saturated rings. The fourth-order valence-electron chi connectivity index (χ4n) is 1.56. The molecule has 0 amide bonds. The first-order valence-corrected chi connectivity index (χ1v) is 7.30. The summed E-state index contributed by atoms with van der Waals surface area (Å²) in [4.78, 5) is 10.7. The third-order valence-electron chi connectivity index (χ3n) is 2.52. The lowest BCUT2D eigenvalue weighted by Gasteiger charge is -2.21. The van der Waals surface area contributed by atoms with E-state index in [1.807, 2.05) is 0 Å². The molecule has 0 saturated heterocycles. The van der Waals surface area contributed by atoms with Gasteiger partial charge in [-0.15, -0.1) is 0 Å². The van der Waals surface area contributed by atoms with Gasteiger partial charge in [-0.2, -0.15) is 4.31 Å². The number of aliphatic carboxylic acids is 1. The molecule has 0 bridgehead atoms. The van der Waals surface area contributed by atoms with Crippen LogP contribution in [0.4, 0.5) is 0 Å². The van der Waals surface area contributed by atoms with Crippen molar-refractivity contribution in [2.75, 3.05) is 19.7 Å². The third kappa shape index (κ3) is 4.62. The van der Waals surface area contributed by atoms with Crippen molar-refractivity contribution < 1.29 is 23.4 Å². The minimum Gasteiger partial charge on any atom is -0.481 e. The van der Waals surface area contributed by atoms with Gasteiger partial charge in [-0.3, -0.25) is 4.79 Å². The van der Waals surface area contributed by atoms with Gasteiger partial charge < -0.3 is 10.2 Å². The number of rotatable bonds is 8. The Balaban J connectivity index is 2.91. The Hall–Kier alpha value is -1.44. The molecule has 0 saturated carbocycles. The van der Waals surface area contributed by atoms with Crippen LogP contribution in [0.25, 0.3) is 0 Å².